The molecule has 0 saturated carbocycles. The van der Waals surface area contributed by atoms with Crippen molar-refractivity contribution in [3.63, 3.8) is 0 Å². The Balaban J connectivity index is 1.95. The van der Waals surface area contributed by atoms with Gasteiger partial charge in [0.1, 0.15) is 0 Å². The molecule has 2 N–H and O–H groups in total. The first kappa shape index (κ1) is 18.4. The summed E-state index contributed by atoms with van der Waals surface area (Å²) in [5.41, 5.74) is -0.530. The number of benzene rings is 2. The number of carbonyl (C=O) groups is 1. The van der Waals surface area contributed by atoms with Gasteiger partial charge in [-0.25, -0.2) is 19.3 Å². The van der Waals surface area contributed by atoms with E-state index in [9.17, 15) is 18.0 Å². The lowest BCUT2D eigenvalue weighted by atomic mass is 10.2. The van der Waals surface area contributed by atoms with Crippen molar-refractivity contribution >= 4 is 26.9 Å². The number of nitrogens with zero attached hydrogens (tertiary/aromatic N) is 4. The molecule has 0 unspecified atom stereocenters. The van der Waals surface area contributed by atoms with Crippen molar-refractivity contribution in [1.82, 2.24) is 19.4 Å². The molecule has 4 aromatic rings. The Morgan fingerprint density at radius 3 is 2.41 bits per heavy atom. The van der Waals surface area contributed by atoms with Gasteiger partial charge in [-0.1, -0.05) is 30.3 Å². The molecular weight excluding hydrogens is 398 g/mol. The van der Waals surface area contributed by atoms with Crippen LogP contribution in [0, 0.1) is 0 Å². The van der Waals surface area contributed by atoms with E-state index in [4.69, 9.17) is 5.11 Å². The van der Waals surface area contributed by atoms with E-state index in [-0.39, 0.29) is 21.8 Å². The van der Waals surface area contributed by atoms with Gasteiger partial charge in [0.25, 0.3) is 21.5 Å². The van der Waals surface area contributed by atoms with Crippen molar-refractivity contribution in [3.05, 3.63) is 82.9 Å². The minimum absolute atomic E-state index is 0.0577. The number of hydrogen-bond acceptors (Lipinski definition) is 6. The molecule has 4 rings (SSSR count). The van der Waals surface area contributed by atoms with Crippen LogP contribution in [-0.4, -0.2) is 38.9 Å². The first-order valence-electron chi connectivity index (χ1n) is 8.25. The van der Waals surface area contributed by atoms with Crippen molar-refractivity contribution < 1.29 is 18.3 Å². The molecular formula is C18H13N5O5S. The molecule has 0 fully saturated rings. The quantitative estimate of drug-likeness (QED) is 0.504. The molecule has 2 aromatic carbocycles. The molecule has 0 aliphatic heterocycles. The molecule has 0 bridgehead atoms. The molecule has 0 amide bonds. The van der Waals surface area contributed by atoms with Crippen LogP contribution in [0.5, 0.6) is 0 Å². The van der Waals surface area contributed by atoms with E-state index in [1.165, 1.54) is 18.2 Å². The summed E-state index contributed by atoms with van der Waals surface area (Å²) in [4.78, 5) is 30.6. The minimum atomic E-state index is -4.13. The predicted octanol–water partition coefficient (Wildman–Crippen LogP) is 1.21. The van der Waals surface area contributed by atoms with E-state index in [2.05, 4.69) is 14.9 Å². The number of fused-ring (bicyclic) bond motifs is 1. The summed E-state index contributed by atoms with van der Waals surface area (Å²) in [6, 6.07) is 13.9. The van der Waals surface area contributed by atoms with E-state index in [1.54, 1.807) is 36.4 Å². The molecule has 2 aromatic heterocycles. The summed E-state index contributed by atoms with van der Waals surface area (Å²) >= 11 is 0. The van der Waals surface area contributed by atoms with Crippen molar-refractivity contribution in [2.24, 2.45) is 0 Å². The van der Waals surface area contributed by atoms with Crippen LogP contribution in [-0.2, 0) is 10.0 Å². The normalized spacial score (nSPS) is 11.4. The zero-order valence-electron chi connectivity index (χ0n) is 14.6. The lowest BCUT2D eigenvalue weighted by Crippen LogP contribution is -2.36. The van der Waals surface area contributed by atoms with Gasteiger partial charge in [-0.3, -0.25) is 4.79 Å². The third-order valence-corrected chi connectivity index (χ3v) is 5.37. The average Bonchev–Trinajstić information content (AvgIpc) is 3.21. The van der Waals surface area contributed by atoms with Gasteiger partial charge in [-0.2, -0.15) is 18.2 Å². The van der Waals surface area contributed by atoms with Crippen molar-refractivity contribution in [3.8, 4) is 5.95 Å². The Kier molecular flexibility index (Phi) is 4.35. The van der Waals surface area contributed by atoms with E-state index in [0.29, 0.717) is 5.52 Å². The maximum atomic E-state index is 13.0. The Morgan fingerprint density at radius 2 is 1.72 bits per heavy atom. The third-order valence-electron chi connectivity index (χ3n) is 4.06. The smallest absolute Gasteiger partial charge is 0.338 e. The molecule has 11 heteroatoms. The Labute approximate surface area is 163 Å². The summed E-state index contributed by atoms with van der Waals surface area (Å²) < 4.78 is 27.3. The van der Waals surface area contributed by atoms with Crippen LogP contribution in [0.15, 0.2) is 76.7 Å². The molecule has 0 aliphatic rings. The zero-order chi connectivity index (χ0) is 20.6. The van der Waals surface area contributed by atoms with Crippen molar-refractivity contribution in [2.45, 2.75) is 4.90 Å². The van der Waals surface area contributed by atoms with Crippen LogP contribution in [0.2, 0.25) is 0 Å². The highest BCUT2D eigenvalue weighted by Crippen LogP contribution is 2.13. The van der Waals surface area contributed by atoms with Gasteiger partial charge in [0, 0.05) is 6.20 Å². The maximum absolute atomic E-state index is 13.0. The van der Waals surface area contributed by atoms with Gasteiger partial charge < -0.3 is 5.11 Å². The highest BCUT2D eigenvalue weighted by Gasteiger charge is 2.21. The number of carboxylic acid groups (broad SMARTS) is 1. The summed E-state index contributed by atoms with van der Waals surface area (Å²) in [5.74, 6) is -1.43. The molecule has 146 valence electrons. The van der Waals surface area contributed by atoms with Gasteiger partial charge in [-0.15, -0.1) is 0 Å². The van der Waals surface area contributed by atoms with E-state index in [1.807, 2.05) is 0 Å². The first-order chi connectivity index (χ1) is 13.9. The molecule has 10 nitrogen and oxygen atoms in total. The van der Waals surface area contributed by atoms with Crippen LogP contribution in [0.3, 0.4) is 0 Å². The van der Waals surface area contributed by atoms with Crippen LogP contribution >= 0.6 is 0 Å². The number of carboxylic acids is 1. The first-order valence-corrected chi connectivity index (χ1v) is 9.73. The number of para-hydroxylation sites is 1. The van der Waals surface area contributed by atoms with Gasteiger partial charge in [-0.05, 0) is 24.3 Å². The monoisotopic (exact) mass is 411 g/mol. The minimum Gasteiger partial charge on any atom is -0.478 e. The molecule has 0 saturated heterocycles. The molecule has 0 atom stereocenters. The summed E-state index contributed by atoms with van der Waals surface area (Å²) in [5, 5.41) is 13.2. The van der Waals surface area contributed by atoms with Crippen LogP contribution in [0.25, 0.3) is 16.9 Å². The number of rotatable bonds is 5. The van der Waals surface area contributed by atoms with Gasteiger partial charge in [0.05, 0.1) is 27.6 Å². The van der Waals surface area contributed by atoms with Crippen LogP contribution in [0.1, 0.15) is 10.4 Å². The zero-order valence-corrected chi connectivity index (χ0v) is 15.4. The van der Waals surface area contributed by atoms with E-state index >= 15 is 0 Å². The Morgan fingerprint density at radius 1 is 1.03 bits per heavy atom. The molecule has 0 aliphatic carbocycles. The van der Waals surface area contributed by atoms with E-state index < -0.39 is 21.6 Å². The number of sulfonamides is 1. The number of aromatic nitrogens is 4. The third kappa shape index (κ3) is 3.34. The fourth-order valence-corrected chi connectivity index (χ4v) is 3.70. The Bertz CT molecular complexity index is 1390. The molecule has 0 radical (unpaired) electrons. The average molecular weight is 411 g/mol. The van der Waals surface area contributed by atoms with Crippen molar-refractivity contribution in [1.29, 1.82) is 0 Å². The second-order valence-corrected chi connectivity index (χ2v) is 7.62. The topological polar surface area (TPSA) is 136 Å². The standard InChI is InChI=1S/C18H13N5O5S/c24-16-14-8-4-5-9-15(14)20-18(22-11-12(10-19-22)17(25)26)23(16)21-29(27,28)13-6-2-1-3-7-13/h1-11,21H,(H,25,26). The van der Waals surface area contributed by atoms with Gasteiger partial charge in [0.15, 0.2) is 0 Å². The fourth-order valence-electron chi connectivity index (χ4n) is 2.67. The SMILES string of the molecule is O=C(O)c1cnn(-c2nc3ccccc3c(=O)n2NS(=O)(=O)c2ccccc2)c1. The van der Waals surface area contributed by atoms with Gasteiger partial charge in [0.2, 0.25) is 0 Å². The second-order valence-electron chi connectivity index (χ2n) is 5.96. The lowest BCUT2D eigenvalue weighted by molar-refractivity contribution is 0.0697. The summed E-state index contributed by atoms with van der Waals surface area (Å²) in [6.07, 6.45) is 2.20. The van der Waals surface area contributed by atoms with Crippen molar-refractivity contribution in [2.75, 3.05) is 4.83 Å². The predicted molar refractivity (Wildman–Crippen MR) is 103 cm³/mol. The molecule has 0 spiro atoms. The fraction of sp³-hybridized carbons (Fsp3) is 0. The summed E-state index contributed by atoms with van der Waals surface area (Å²) in [7, 11) is -4.13. The lowest BCUT2D eigenvalue weighted by Gasteiger charge is -2.15. The van der Waals surface area contributed by atoms with Crippen LogP contribution in [0.4, 0.5) is 0 Å². The van der Waals surface area contributed by atoms with E-state index in [0.717, 1.165) is 21.8 Å². The highest BCUT2D eigenvalue weighted by atomic mass is 32.2. The highest BCUT2D eigenvalue weighted by molar-refractivity contribution is 7.92. The molecule has 2 heterocycles. The largest absolute Gasteiger partial charge is 0.478 e. The van der Waals surface area contributed by atoms with Crippen LogP contribution < -0.4 is 10.4 Å². The Hall–Kier alpha value is -3.99. The summed E-state index contributed by atoms with van der Waals surface area (Å²) in [6.45, 7) is 0. The number of nitrogens with one attached hydrogen (secondary N) is 1. The second kappa shape index (κ2) is 6.87. The molecule has 29 heavy (non-hydrogen) atoms. The van der Waals surface area contributed by atoms with Gasteiger partial charge >= 0.3 is 5.97 Å². The number of aromatic carboxylic acids is 1. The number of hydrogen-bond donors (Lipinski definition) is 2. The maximum Gasteiger partial charge on any atom is 0.338 e.